The molecular formula is C13H9NO2. The van der Waals surface area contributed by atoms with Gasteiger partial charge in [0, 0.05) is 22.5 Å². The maximum Gasteiger partial charge on any atom is 0.186 e. The van der Waals surface area contributed by atoms with Crippen LogP contribution in [0.2, 0.25) is 0 Å². The first-order valence-corrected chi connectivity index (χ1v) is 4.99. The number of fused-ring (bicyclic) bond motifs is 2. The zero-order valence-electron chi connectivity index (χ0n) is 8.40. The molecule has 0 unspecified atom stereocenters. The van der Waals surface area contributed by atoms with Gasteiger partial charge in [0.15, 0.2) is 5.43 Å². The Morgan fingerprint density at radius 3 is 2.81 bits per heavy atom. The largest absolute Gasteiger partial charge is 0.507 e. The summed E-state index contributed by atoms with van der Waals surface area (Å²) in [6, 6.07) is 10.2. The topological polar surface area (TPSA) is 53.1 Å². The standard InChI is InChI=1S/C13H9NO2/c15-12-3-4-13(16)10-7-11-8(6-9(10)12)2-1-5-14-11/h1-7,14,16H. The van der Waals surface area contributed by atoms with Gasteiger partial charge in [-0.15, -0.1) is 0 Å². The van der Waals surface area contributed by atoms with Gasteiger partial charge < -0.3 is 10.1 Å². The lowest BCUT2D eigenvalue weighted by molar-refractivity contribution is 0.481. The third-order valence-corrected chi connectivity index (χ3v) is 2.73. The summed E-state index contributed by atoms with van der Waals surface area (Å²) in [5.74, 6) is 0.133. The van der Waals surface area contributed by atoms with Crippen LogP contribution in [-0.4, -0.2) is 10.1 Å². The van der Waals surface area contributed by atoms with E-state index in [0.717, 1.165) is 10.9 Å². The number of benzene rings is 2. The van der Waals surface area contributed by atoms with Gasteiger partial charge in [0.2, 0.25) is 0 Å². The predicted molar refractivity (Wildman–Crippen MR) is 63.7 cm³/mol. The molecule has 0 saturated heterocycles. The molecule has 0 radical (unpaired) electrons. The lowest BCUT2D eigenvalue weighted by atomic mass is 10.1. The number of nitrogens with one attached hydrogen (secondary N) is 1. The third-order valence-electron chi connectivity index (χ3n) is 2.73. The predicted octanol–water partition coefficient (Wildman–Crippen LogP) is 2.39. The van der Waals surface area contributed by atoms with Gasteiger partial charge in [0.25, 0.3) is 0 Å². The molecule has 0 atom stereocenters. The molecule has 0 saturated carbocycles. The number of H-pyrrole nitrogens is 1. The fourth-order valence-electron chi connectivity index (χ4n) is 1.92. The quantitative estimate of drug-likeness (QED) is 0.561. The average molecular weight is 211 g/mol. The summed E-state index contributed by atoms with van der Waals surface area (Å²) in [4.78, 5) is 14.7. The Hall–Kier alpha value is -2.29. The fourth-order valence-corrected chi connectivity index (χ4v) is 1.92. The van der Waals surface area contributed by atoms with E-state index in [1.165, 1.54) is 12.1 Å². The second-order valence-corrected chi connectivity index (χ2v) is 3.74. The van der Waals surface area contributed by atoms with Crippen molar-refractivity contribution in [3.05, 3.63) is 52.8 Å². The van der Waals surface area contributed by atoms with Crippen LogP contribution in [0.4, 0.5) is 0 Å². The molecule has 0 spiro atoms. The van der Waals surface area contributed by atoms with Crippen LogP contribution in [0.1, 0.15) is 0 Å². The van der Waals surface area contributed by atoms with Crippen molar-refractivity contribution in [3.63, 3.8) is 0 Å². The van der Waals surface area contributed by atoms with E-state index in [0.29, 0.717) is 10.8 Å². The number of aromatic amines is 1. The Bertz CT molecular complexity index is 744. The molecule has 0 aliphatic heterocycles. The summed E-state index contributed by atoms with van der Waals surface area (Å²) in [7, 11) is 0. The van der Waals surface area contributed by atoms with Crippen molar-refractivity contribution in [1.82, 2.24) is 4.98 Å². The van der Waals surface area contributed by atoms with Crippen molar-refractivity contribution < 1.29 is 5.11 Å². The minimum atomic E-state index is -0.0708. The Kier molecular flexibility index (Phi) is 1.74. The van der Waals surface area contributed by atoms with Gasteiger partial charge in [-0.2, -0.15) is 0 Å². The highest BCUT2D eigenvalue weighted by molar-refractivity contribution is 5.99. The van der Waals surface area contributed by atoms with Crippen LogP contribution in [0.25, 0.3) is 21.7 Å². The molecule has 1 aromatic heterocycles. The second kappa shape index (κ2) is 3.10. The van der Waals surface area contributed by atoms with Crippen molar-refractivity contribution in [1.29, 1.82) is 0 Å². The van der Waals surface area contributed by atoms with Gasteiger partial charge in [-0.05, 0) is 35.7 Å². The number of phenols is 1. The molecule has 0 amide bonds. The first-order chi connectivity index (χ1) is 7.75. The monoisotopic (exact) mass is 211 g/mol. The molecule has 1 heterocycles. The van der Waals surface area contributed by atoms with Crippen LogP contribution in [0, 0.1) is 0 Å². The lowest BCUT2D eigenvalue weighted by Crippen LogP contribution is -1.98. The first kappa shape index (κ1) is 8.97. The third kappa shape index (κ3) is 1.18. The highest BCUT2D eigenvalue weighted by Gasteiger charge is 2.04. The summed E-state index contributed by atoms with van der Waals surface area (Å²) in [5, 5.41) is 11.8. The number of aromatic nitrogens is 1. The molecular weight excluding hydrogens is 202 g/mol. The van der Waals surface area contributed by atoms with E-state index in [4.69, 9.17) is 0 Å². The number of hydrogen-bond donors (Lipinski definition) is 2. The highest BCUT2D eigenvalue weighted by atomic mass is 16.3. The van der Waals surface area contributed by atoms with E-state index in [1.807, 2.05) is 18.3 Å². The molecule has 16 heavy (non-hydrogen) atoms. The molecule has 0 fully saturated rings. The van der Waals surface area contributed by atoms with Gasteiger partial charge in [0.1, 0.15) is 5.75 Å². The normalized spacial score (nSPS) is 11.0. The molecule has 78 valence electrons. The van der Waals surface area contributed by atoms with Crippen LogP contribution in [-0.2, 0) is 0 Å². The lowest BCUT2D eigenvalue weighted by Gasteiger charge is -2.03. The molecule has 3 heteroatoms. The summed E-state index contributed by atoms with van der Waals surface area (Å²) in [6.07, 6.45) is 1.81. The molecule has 3 rings (SSSR count). The van der Waals surface area contributed by atoms with E-state index >= 15 is 0 Å². The molecule has 2 aromatic carbocycles. The minimum Gasteiger partial charge on any atom is -0.507 e. The Labute approximate surface area is 91.0 Å². The Morgan fingerprint density at radius 1 is 1.06 bits per heavy atom. The maximum atomic E-state index is 11.7. The van der Waals surface area contributed by atoms with Crippen molar-refractivity contribution >= 4 is 21.7 Å². The number of rotatable bonds is 0. The van der Waals surface area contributed by atoms with Crippen molar-refractivity contribution in [2.45, 2.75) is 0 Å². The Balaban J connectivity index is 2.61. The van der Waals surface area contributed by atoms with Crippen molar-refractivity contribution in [2.75, 3.05) is 0 Å². The van der Waals surface area contributed by atoms with Gasteiger partial charge in [-0.1, -0.05) is 6.07 Å². The van der Waals surface area contributed by atoms with E-state index in [9.17, 15) is 9.90 Å². The van der Waals surface area contributed by atoms with E-state index in [2.05, 4.69) is 4.98 Å². The van der Waals surface area contributed by atoms with Crippen LogP contribution in [0.15, 0.2) is 47.4 Å². The van der Waals surface area contributed by atoms with Crippen LogP contribution in [0.5, 0.6) is 5.75 Å². The summed E-state index contributed by atoms with van der Waals surface area (Å²) < 4.78 is 0. The number of aromatic hydroxyl groups is 1. The molecule has 3 aromatic rings. The molecule has 0 aliphatic carbocycles. The van der Waals surface area contributed by atoms with Crippen LogP contribution < -0.4 is 5.43 Å². The number of hydrogen-bond acceptors (Lipinski definition) is 2. The van der Waals surface area contributed by atoms with Crippen molar-refractivity contribution in [3.8, 4) is 5.75 Å². The molecule has 2 N–H and O–H groups in total. The zero-order chi connectivity index (χ0) is 11.1. The second-order valence-electron chi connectivity index (χ2n) is 3.74. The van der Waals surface area contributed by atoms with E-state index < -0.39 is 0 Å². The maximum absolute atomic E-state index is 11.7. The number of phenolic OH excluding ortho intramolecular Hbond substituents is 1. The van der Waals surface area contributed by atoms with Crippen LogP contribution in [0.3, 0.4) is 0 Å². The fraction of sp³-hybridized carbons (Fsp3) is 0. The Morgan fingerprint density at radius 2 is 1.94 bits per heavy atom. The summed E-state index contributed by atoms with van der Waals surface area (Å²) >= 11 is 0. The SMILES string of the molecule is O=c1ccc(O)c2cc3[nH]cccc3cc12. The van der Waals surface area contributed by atoms with Gasteiger partial charge >= 0.3 is 0 Å². The van der Waals surface area contributed by atoms with Crippen LogP contribution >= 0.6 is 0 Å². The average Bonchev–Trinajstić information content (AvgIpc) is 2.32. The van der Waals surface area contributed by atoms with E-state index in [1.54, 1.807) is 12.1 Å². The van der Waals surface area contributed by atoms with Gasteiger partial charge in [-0.25, -0.2) is 0 Å². The van der Waals surface area contributed by atoms with Crippen molar-refractivity contribution in [2.24, 2.45) is 0 Å². The first-order valence-electron chi connectivity index (χ1n) is 4.99. The molecule has 3 nitrogen and oxygen atoms in total. The smallest absolute Gasteiger partial charge is 0.186 e. The van der Waals surface area contributed by atoms with E-state index in [-0.39, 0.29) is 11.2 Å². The zero-order valence-corrected chi connectivity index (χ0v) is 8.40. The highest BCUT2D eigenvalue weighted by Crippen LogP contribution is 2.25. The van der Waals surface area contributed by atoms with Gasteiger partial charge in [0.05, 0.1) is 0 Å². The van der Waals surface area contributed by atoms with Gasteiger partial charge in [-0.3, -0.25) is 4.79 Å². The minimum absolute atomic E-state index is 0.0708. The summed E-state index contributed by atoms with van der Waals surface area (Å²) in [5.41, 5.74) is 0.828. The molecule has 0 bridgehead atoms. The number of pyridine rings is 1. The summed E-state index contributed by atoms with van der Waals surface area (Å²) in [6.45, 7) is 0. The molecule has 0 aliphatic rings.